The van der Waals surface area contributed by atoms with Crippen LogP contribution in [0.3, 0.4) is 0 Å². The van der Waals surface area contributed by atoms with E-state index in [-0.39, 0.29) is 5.56 Å². The third kappa shape index (κ3) is 1.58. The molecule has 0 aliphatic rings. The average Bonchev–Trinajstić information content (AvgIpc) is 2.05. The molecule has 0 bridgehead atoms. The van der Waals surface area contributed by atoms with Crippen molar-refractivity contribution in [3.05, 3.63) is 35.1 Å². The van der Waals surface area contributed by atoms with Gasteiger partial charge in [-0.1, -0.05) is 6.07 Å². The van der Waals surface area contributed by atoms with Gasteiger partial charge in [0, 0.05) is 0 Å². The molecule has 0 aliphatic carbocycles. The van der Waals surface area contributed by atoms with Crippen molar-refractivity contribution in [2.45, 2.75) is 6.67 Å². The van der Waals surface area contributed by atoms with Crippen LogP contribution in [0.15, 0.2) is 18.2 Å². The van der Waals surface area contributed by atoms with Crippen LogP contribution >= 0.6 is 0 Å². The summed E-state index contributed by atoms with van der Waals surface area (Å²) in [5.41, 5.74) is -0.334. The van der Waals surface area contributed by atoms with Gasteiger partial charge in [-0.05, 0) is 17.7 Å². The van der Waals surface area contributed by atoms with E-state index in [4.69, 9.17) is 5.11 Å². The smallest absolute Gasteiger partial charge is 0.338 e. The maximum atomic E-state index is 12.7. The zero-order valence-corrected chi connectivity index (χ0v) is 6.05. The molecule has 64 valence electrons. The van der Waals surface area contributed by atoms with Gasteiger partial charge in [0.2, 0.25) is 0 Å². The molecule has 0 atom stereocenters. The van der Waals surface area contributed by atoms with Crippen molar-refractivity contribution in [2.75, 3.05) is 0 Å². The van der Waals surface area contributed by atoms with Crippen molar-refractivity contribution in [1.82, 2.24) is 0 Å². The van der Waals surface area contributed by atoms with Crippen LogP contribution in [-0.4, -0.2) is 11.1 Å². The summed E-state index contributed by atoms with van der Waals surface area (Å²) < 4.78 is 24.6. The number of benzene rings is 1. The Morgan fingerprint density at radius 2 is 2.17 bits per heavy atom. The Morgan fingerprint density at radius 1 is 1.50 bits per heavy atom. The molecular weight excluding hydrogens is 166 g/mol. The number of alkyl halides is 1. The zero-order chi connectivity index (χ0) is 9.14. The lowest BCUT2D eigenvalue weighted by Crippen LogP contribution is -2.00. The van der Waals surface area contributed by atoms with E-state index < -0.39 is 24.0 Å². The molecule has 0 amide bonds. The van der Waals surface area contributed by atoms with Crippen LogP contribution < -0.4 is 0 Å². The highest BCUT2D eigenvalue weighted by molar-refractivity contribution is 5.88. The predicted octanol–water partition coefficient (Wildman–Crippen LogP) is 1.99. The molecule has 4 heteroatoms. The third-order valence-corrected chi connectivity index (χ3v) is 1.42. The second kappa shape index (κ2) is 3.30. The number of aromatic carboxylic acids is 1. The highest BCUT2D eigenvalue weighted by Gasteiger charge is 2.09. The number of carbonyl (C=O) groups is 1. The number of rotatable bonds is 2. The molecule has 0 saturated carbocycles. The van der Waals surface area contributed by atoms with E-state index in [0.717, 1.165) is 12.1 Å². The highest BCUT2D eigenvalue weighted by Crippen LogP contribution is 2.11. The van der Waals surface area contributed by atoms with Gasteiger partial charge in [0.25, 0.3) is 0 Å². The standard InChI is InChI=1S/C8H6F2O2/c9-4-5-1-2-7(10)6(3-5)8(11)12/h1-3H,4H2,(H,11,12). The topological polar surface area (TPSA) is 37.3 Å². The van der Waals surface area contributed by atoms with Crippen LogP contribution in [0.1, 0.15) is 15.9 Å². The Labute approximate surface area is 67.4 Å². The molecule has 0 spiro atoms. The van der Waals surface area contributed by atoms with E-state index in [1.165, 1.54) is 6.07 Å². The molecule has 12 heavy (non-hydrogen) atoms. The Balaban J connectivity index is 3.17. The van der Waals surface area contributed by atoms with Crippen LogP contribution in [0.4, 0.5) is 8.78 Å². The molecule has 1 rings (SSSR count). The number of hydrogen-bond acceptors (Lipinski definition) is 1. The number of carboxylic acids is 1. The van der Waals surface area contributed by atoms with E-state index in [1.807, 2.05) is 0 Å². The van der Waals surface area contributed by atoms with Crippen LogP contribution in [0.25, 0.3) is 0 Å². The first-order chi connectivity index (χ1) is 5.65. The van der Waals surface area contributed by atoms with Gasteiger partial charge >= 0.3 is 5.97 Å². The molecule has 0 heterocycles. The fourth-order valence-corrected chi connectivity index (χ4v) is 0.819. The molecule has 1 aromatic rings. The average molecular weight is 172 g/mol. The van der Waals surface area contributed by atoms with Crippen LogP contribution in [0.5, 0.6) is 0 Å². The summed E-state index contributed by atoms with van der Waals surface area (Å²) in [7, 11) is 0. The summed E-state index contributed by atoms with van der Waals surface area (Å²) >= 11 is 0. The van der Waals surface area contributed by atoms with Gasteiger partial charge in [0.05, 0.1) is 5.56 Å². The van der Waals surface area contributed by atoms with Gasteiger partial charge in [-0.2, -0.15) is 0 Å². The normalized spacial score (nSPS) is 9.83. The molecule has 1 aromatic carbocycles. The maximum absolute atomic E-state index is 12.7. The van der Waals surface area contributed by atoms with Crippen LogP contribution in [-0.2, 0) is 6.67 Å². The lowest BCUT2D eigenvalue weighted by atomic mass is 10.1. The Kier molecular flexibility index (Phi) is 2.38. The monoisotopic (exact) mass is 172 g/mol. The van der Waals surface area contributed by atoms with E-state index in [1.54, 1.807) is 0 Å². The molecule has 2 nitrogen and oxygen atoms in total. The zero-order valence-electron chi connectivity index (χ0n) is 6.05. The second-order valence-electron chi connectivity index (χ2n) is 2.25. The summed E-state index contributed by atoms with van der Waals surface area (Å²) in [5, 5.41) is 8.42. The summed E-state index contributed by atoms with van der Waals surface area (Å²) in [4.78, 5) is 10.3. The van der Waals surface area contributed by atoms with Crippen molar-refractivity contribution in [3.8, 4) is 0 Å². The number of carboxylic acid groups (broad SMARTS) is 1. The van der Waals surface area contributed by atoms with Crippen molar-refractivity contribution in [3.63, 3.8) is 0 Å². The van der Waals surface area contributed by atoms with E-state index in [2.05, 4.69) is 0 Å². The first kappa shape index (κ1) is 8.64. The minimum absolute atomic E-state index is 0.161. The summed E-state index contributed by atoms with van der Waals surface area (Å²) in [6, 6.07) is 3.14. The van der Waals surface area contributed by atoms with Crippen LogP contribution in [0, 0.1) is 5.82 Å². The molecule has 0 unspecified atom stereocenters. The number of hydrogen-bond donors (Lipinski definition) is 1. The van der Waals surface area contributed by atoms with Gasteiger partial charge in [-0.25, -0.2) is 13.6 Å². The summed E-state index contributed by atoms with van der Waals surface area (Å²) in [5.74, 6) is -2.23. The first-order valence-electron chi connectivity index (χ1n) is 3.23. The van der Waals surface area contributed by atoms with Crippen molar-refractivity contribution in [2.24, 2.45) is 0 Å². The molecule has 1 N–H and O–H groups in total. The Morgan fingerprint density at radius 3 is 2.67 bits per heavy atom. The lowest BCUT2D eigenvalue weighted by molar-refractivity contribution is 0.0691. The van der Waals surface area contributed by atoms with Crippen molar-refractivity contribution in [1.29, 1.82) is 0 Å². The highest BCUT2D eigenvalue weighted by atomic mass is 19.1. The van der Waals surface area contributed by atoms with E-state index >= 15 is 0 Å². The van der Waals surface area contributed by atoms with Gasteiger partial charge in [0.15, 0.2) is 0 Å². The van der Waals surface area contributed by atoms with Gasteiger partial charge in [-0.15, -0.1) is 0 Å². The Bertz CT molecular complexity index is 310. The fourth-order valence-electron chi connectivity index (χ4n) is 0.819. The predicted molar refractivity (Wildman–Crippen MR) is 38.2 cm³/mol. The molecule has 0 aliphatic heterocycles. The van der Waals surface area contributed by atoms with E-state index in [9.17, 15) is 13.6 Å². The summed E-state index contributed by atoms with van der Waals surface area (Å²) in [6.07, 6.45) is 0. The SMILES string of the molecule is O=C(O)c1cc(CF)ccc1F. The quantitative estimate of drug-likeness (QED) is 0.740. The van der Waals surface area contributed by atoms with Gasteiger partial charge in [-0.3, -0.25) is 0 Å². The summed E-state index contributed by atoms with van der Waals surface area (Å²) in [6.45, 7) is -0.791. The first-order valence-corrected chi connectivity index (χ1v) is 3.23. The molecular formula is C8H6F2O2. The van der Waals surface area contributed by atoms with E-state index in [0.29, 0.717) is 0 Å². The lowest BCUT2D eigenvalue weighted by Gasteiger charge is -1.98. The van der Waals surface area contributed by atoms with Crippen LogP contribution in [0.2, 0.25) is 0 Å². The maximum Gasteiger partial charge on any atom is 0.338 e. The molecule has 0 fully saturated rings. The third-order valence-electron chi connectivity index (χ3n) is 1.42. The number of halogens is 2. The van der Waals surface area contributed by atoms with Gasteiger partial charge in [0.1, 0.15) is 12.5 Å². The minimum Gasteiger partial charge on any atom is -0.478 e. The van der Waals surface area contributed by atoms with Gasteiger partial charge < -0.3 is 5.11 Å². The minimum atomic E-state index is -1.39. The van der Waals surface area contributed by atoms with Crippen molar-refractivity contribution >= 4 is 5.97 Å². The molecule has 0 saturated heterocycles. The molecule has 0 radical (unpaired) electrons. The molecule has 0 aromatic heterocycles. The van der Waals surface area contributed by atoms with Crippen molar-refractivity contribution < 1.29 is 18.7 Å². The largest absolute Gasteiger partial charge is 0.478 e. The second-order valence-corrected chi connectivity index (χ2v) is 2.25. The fraction of sp³-hybridized carbons (Fsp3) is 0.125. The Hall–Kier alpha value is -1.45.